The molecule has 30 heavy (non-hydrogen) atoms. The van der Waals surface area contributed by atoms with E-state index in [9.17, 15) is 4.79 Å². The third kappa shape index (κ3) is 4.15. The molecular formula is C21H23ClN4O3S. The number of carbonyl (C=O) groups excluding carboxylic acids is 1. The van der Waals surface area contributed by atoms with Crippen LogP contribution in [-0.4, -0.2) is 60.7 Å². The van der Waals surface area contributed by atoms with Gasteiger partial charge >= 0.3 is 0 Å². The molecule has 1 aliphatic rings. The summed E-state index contributed by atoms with van der Waals surface area (Å²) in [6, 6.07) is 7.21. The van der Waals surface area contributed by atoms with E-state index in [4.69, 9.17) is 21.1 Å². The molecule has 9 heteroatoms. The van der Waals surface area contributed by atoms with Gasteiger partial charge in [0.2, 0.25) is 0 Å². The lowest BCUT2D eigenvalue weighted by atomic mass is 10.1. The molecule has 0 unspecified atom stereocenters. The Kier molecular flexibility index (Phi) is 6.24. The lowest BCUT2D eigenvalue weighted by Crippen LogP contribution is -2.48. The third-order valence-electron chi connectivity index (χ3n) is 4.92. The largest absolute Gasteiger partial charge is 0.493 e. The summed E-state index contributed by atoms with van der Waals surface area (Å²) in [4.78, 5) is 27.0. The second-order valence-corrected chi connectivity index (χ2v) is 8.30. The maximum Gasteiger partial charge on any atom is 0.254 e. The highest BCUT2D eigenvalue weighted by molar-refractivity contribution is 7.21. The van der Waals surface area contributed by atoms with Crippen molar-refractivity contribution in [3.63, 3.8) is 0 Å². The monoisotopic (exact) mass is 446 g/mol. The van der Waals surface area contributed by atoms with Crippen molar-refractivity contribution in [1.29, 1.82) is 0 Å². The van der Waals surface area contributed by atoms with Crippen LogP contribution in [0, 0.1) is 0 Å². The molecule has 1 saturated heterocycles. The van der Waals surface area contributed by atoms with E-state index in [0.717, 1.165) is 21.9 Å². The van der Waals surface area contributed by atoms with Crippen LogP contribution in [0.3, 0.4) is 0 Å². The van der Waals surface area contributed by atoms with E-state index in [-0.39, 0.29) is 5.91 Å². The number of carbonyl (C=O) groups is 1. The highest BCUT2D eigenvalue weighted by Gasteiger charge is 2.25. The lowest BCUT2D eigenvalue weighted by Gasteiger charge is -2.34. The Labute approximate surface area is 184 Å². The van der Waals surface area contributed by atoms with E-state index in [0.29, 0.717) is 54.9 Å². The van der Waals surface area contributed by atoms with E-state index < -0.39 is 0 Å². The van der Waals surface area contributed by atoms with Gasteiger partial charge in [-0.2, -0.15) is 0 Å². The van der Waals surface area contributed by atoms with Crippen LogP contribution in [0.2, 0.25) is 5.02 Å². The topological polar surface area (TPSA) is 67.8 Å². The molecule has 3 heterocycles. The van der Waals surface area contributed by atoms with Crippen molar-refractivity contribution in [2.24, 2.45) is 0 Å². The van der Waals surface area contributed by atoms with Gasteiger partial charge < -0.3 is 19.3 Å². The number of aromatic nitrogens is 2. The van der Waals surface area contributed by atoms with Crippen LogP contribution in [0.5, 0.6) is 11.5 Å². The van der Waals surface area contributed by atoms with Crippen molar-refractivity contribution >= 4 is 44.3 Å². The van der Waals surface area contributed by atoms with E-state index in [1.807, 2.05) is 24.0 Å². The van der Waals surface area contributed by atoms with E-state index in [1.165, 1.54) is 0 Å². The number of hydrogen-bond acceptors (Lipinski definition) is 7. The van der Waals surface area contributed by atoms with Crippen LogP contribution >= 0.6 is 22.9 Å². The first kappa shape index (κ1) is 20.7. The van der Waals surface area contributed by atoms with Crippen LogP contribution in [0.25, 0.3) is 10.3 Å². The maximum absolute atomic E-state index is 13.1. The number of halogens is 1. The summed E-state index contributed by atoms with van der Waals surface area (Å²) >= 11 is 7.95. The van der Waals surface area contributed by atoms with Crippen molar-refractivity contribution in [2.75, 3.05) is 44.8 Å². The van der Waals surface area contributed by atoms with Gasteiger partial charge in [-0.15, -0.1) is 0 Å². The number of amides is 1. The molecule has 4 rings (SSSR count). The molecule has 0 spiro atoms. The minimum absolute atomic E-state index is 0.0668. The standard InChI is InChI=1S/C21H23ClN4O3S/c1-3-11-29-18-15(22)12-14(13-17(18)28-2)20(27)25-7-9-26(10-8-25)21-24-16-5-4-6-23-19(16)30-21/h4-6,12-13H,3,7-11H2,1-2H3. The van der Waals surface area contributed by atoms with Crippen LogP contribution in [-0.2, 0) is 0 Å². The van der Waals surface area contributed by atoms with Crippen molar-refractivity contribution in [1.82, 2.24) is 14.9 Å². The van der Waals surface area contributed by atoms with Gasteiger partial charge in [0.25, 0.3) is 5.91 Å². The molecule has 0 N–H and O–H groups in total. The molecule has 1 aliphatic heterocycles. The second-order valence-electron chi connectivity index (χ2n) is 6.94. The summed E-state index contributed by atoms with van der Waals surface area (Å²) in [6.45, 7) is 5.20. The Hall–Kier alpha value is -2.58. The Bertz CT molecular complexity index is 1020. The Balaban J connectivity index is 1.45. The fourth-order valence-electron chi connectivity index (χ4n) is 3.36. The Morgan fingerprint density at radius 3 is 2.77 bits per heavy atom. The van der Waals surface area contributed by atoms with Gasteiger partial charge in [0, 0.05) is 37.9 Å². The van der Waals surface area contributed by atoms with E-state index >= 15 is 0 Å². The minimum atomic E-state index is -0.0668. The number of nitrogens with zero attached hydrogens (tertiary/aromatic N) is 4. The average molecular weight is 447 g/mol. The zero-order valence-corrected chi connectivity index (χ0v) is 18.5. The minimum Gasteiger partial charge on any atom is -0.493 e. The van der Waals surface area contributed by atoms with Gasteiger partial charge in [0.15, 0.2) is 16.6 Å². The first-order valence-corrected chi connectivity index (χ1v) is 11.1. The van der Waals surface area contributed by atoms with Crippen LogP contribution in [0.4, 0.5) is 5.13 Å². The first-order valence-electron chi connectivity index (χ1n) is 9.86. The van der Waals surface area contributed by atoms with Crippen molar-refractivity contribution in [3.05, 3.63) is 41.0 Å². The number of anilines is 1. The van der Waals surface area contributed by atoms with Crippen molar-refractivity contribution < 1.29 is 14.3 Å². The zero-order valence-electron chi connectivity index (χ0n) is 16.9. The molecule has 1 fully saturated rings. The Morgan fingerprint density at radius 1 is 1.27 bits per heavy atom. The third-order valence-corrected chi connectivity index (χ3v) is 6.24. The van der Waals surface area contributed by atoms with Crippen LogP contribution in [0.15, 0.2) is 30.5 Å². The number of methoxy groups -OCH3 is 1. The predicted octanol–water partition coefficient (Wildman–Crippen LogP) is 4.10. The number of hydrogen-bond donors (Lipinski definition) is 0. The van der Waals surface area contributed by atoms with E-state index in [1.54, 1.807) is 36.8 Å². The highest BCUT2D eigenvalue weighted by atomic mass is 35.5. The average Bonchev–Trinajstić information content (AvgIpc) is 3.21. The molecule has 0 bridgehead atoms. The maximum atomic E-state index is 13.1. The summed E-state index contributed by atoms with van der Waals surface area (Å²) in [6.07, 6.45) is 2.63. The number of pyridine rings is 1. The summed E-state index contributed by atoms with van der Waals surface area (Å²) in [5.74, 6) is 0.884. The summed E-state index contributed by atoms with van der Waals surface area (Å²) in [5, 5.41) is 1.32. The van der Waals surface area contributed by atoms with Crippen molar-refractivity contribution in [2.45, 2.75) is 13.3 Å². The van der Waals surface area contributed by atoms with Gasteiger partial charge in [-0.3, -0.25) is 4.79 Å². The normalized spacial score (nSPS) is 14.2. The molecule has 0 atom stereocenters. The molecule has 0 aliphatic carbocycles. The summed E-state index contributed by atoms with van der Waals surface area (Å²) in [5.41, 5.74) is 1.40. The highest BCUT2D eigenvalue weighted by Crippen LogP contribution is 2.37. The number of ether oxygens (including phenoxy) is 2. The zero-order chi connectivity index (χ0) is 21.1. The van der Waals surface area contributed by atoms with Gasteiger partial charge in [-0.25, -0.2) is 9.97 Å². The SMILES string of the molecule is CCCOc1c(Cl)cc(C(=O)N2CCN(c3nc4cccnc4s3)CC2)cc1OC. The molecule has 158 valence electrons. The number of benzene rings is 1. The van der Waals surface area contributed by atoms with Crippen LogP contribution in [0.1, 0.15) is 23.7 Å². The molecule has 1 amide bonds. The smallest absolute Gasteiger partial charge is 0.254 e. The van der Waals surface area contributed by atoms with Gasteiger partial charge in [0.05, 0.1) is 18.7 Å². The van der Waals surface area contributed by atoms with Gasteiger partial charge in [-0.1, -0.05) is 29.9 Å². The molecular weight excluding hydrogens is 424 g/mol. The fraction of sp³-hybridized carbons (Fsp3) is 0.381. The first-order chi connectivity index (χ1) is 14.6. The molecule has 2 aromatic heterocycles. The quantitative estimate of drug-likeness (QED) is 0.567. The molecule has 0 radical (unpaired) electrons. The van der Waals surface area contributed by atoms with Crippen LogP contribution < -0.4 is 14.4 Å². The Morgan fingerprint density at radius 2 is 2.07 bits per heavy atom. The molecule has 3 aromatic rings. The van der Waals surface area contributed by atoms with E-state index in [2.05, 4.69) is 14.9 Å². The molecule has 0 saturated carbocycles. The lowest BCUT2D eigenvalue weighted by molar-refractivity contribution is 0.0746. The number of fused-ring (bicyclic) bond motifs is 1. The second kappa shape index (κ2) is 9.06. The summed E-state index contributed by atoms with van der Waals surface area (Å²) in [7, 11) is 1.55. The van der Waals surface area contributed by atoms with Gasteiger partial charge in [-0.05, 0) is 30.7 Å². The molecule has 1 aromatic carbocycles. The fourth-order valence-corrected chi connectivity index (χ4v) is 4.59. The molecule has 7 nitrogen and oxygen atoms in total. The van der Waals surface area contributed by atoms with Crippen molar-refractivity contribution in [3.8, 4) is 11.5 Å². The number of piperazine rings is 1. The summed E-state index contributed by atoms with van der Waals surface area (Å²) < 4.78 is 11.1. The number of thiazole rings is 1. The number of rotatable bonds is 6. The van der Waals surface area contributed by atoms with Gasteiger partial charge in [0.1, 0.15) is 10.3 Å². The predicted molar refractivity (Wildman–Crippen MR) is 119 cm³/mol.